The molecule has 0 amide bonds. The first-order valence-corrected chi connectivity index (χ1v) is 3.16. The van der Waals surface area contributed by atoms with Gasteiger partial charge >= 0.3 is 0 Å². The van der Waals surface area contributed by atoms with Gasteiger partial charge in [0.25, 0.3) is 0 Å². The molecule has 0 bridgehead atoms. The Morgan fingerprint density at radius 2 is 2.50 bits per heavy atom. The predicted molar refractivity (Wildman–Crippen MR) is 38.1 cm³/mol. The van der Waals surface area contributed by atoms with E-state index in [2.05, 4.69) is 6.07 Å². The van der Waals surface area contributed by atoms with Crippen molar-refractivity contribution in [3.05, 3.63) is 24.3 Å². The van der Waals surface area contributed by atoms with Crippen LogP contribution in [0.1, 0.15) is 6.92 Å². The summed E-state index contributed by atoms with van der Waals surface area (Å²) in [6, 6.07) is 7.52. The van der Waals surface area contributed by atoms with Crippen LogP contribution in [0, 0.1) is 6.07 Å². The van der Waals surface area contributed by atoms with E-state index < -0.39 is 0 Å². The fraction of sp³-hybridized carbons (Fsp3) is 0.250. The van der Waals surface area contributed by atoms with Gasteiger partial charge in [-0.15, -0.1) is 0 Å². The number of rotatable bonds is 2. The van der Waals surface area contributed by atoms with Crippen LogP contribution in [0.2, 0.25) is 0 Å². The molecule has 0 spiro atoms. The minimum absolute atomic E-state index is 0.117. The molecule has 1 rings (SSSR count). The molecule has 10 heavy (non-hydrogen) atoms. The van der Waals surface area contributed by atoms with Crippen LogP contribution in [0.25, 0.3) is 0 Å². The number of aromatic hydroxyl groups is 1. The Hall–Kier alpha value is -1.18. The lowest BCUT2D eigenvalue weighted by molar-refractivity contribution is 0.337. The fourth-order valence-electron chi connectivity index (χ4n) is 0.690. The largest absolute Gasteiger partial charge is 0.507 e. The monoisotopic (exact) mass is 137 g/mol. The summed E-state index contributed by atoms with van der Waals surface area (Å²) in [7, 11) is 0. The van der Waals surface area contributed by atoms with Crippen molar-refractivity contribution >= 4 is 0 Å². The van der Waals surface area contributed by atoms with Gasteiger partial charge in [0.1, 0.15) is 11.5 Å². The average molecular weight is 137 g/mol. The van der Waals surface area contributed by atoms with Crippen molar-refractivity contribution in [2.75, 3.05) is 6.61 Å². The fourth-order valence-corrected chi connectivity index (χ4v) is 0.690. The summed E-state index contributed by atoms with van der Waals surface area (Å²) in [6.07, 6.45) is 0. The molecule has 2 nitrogen and oxygen atoms in total. The second-order valence-corrected chi connectivity index (χ2v) is 1.84. The Kier molecular flexibility index (Phi) is 2.15. The zero-order valence-corrected chi connectivity index (χ0v) is 5.79. The summed E-state index contributed by atoms with van der Waals surface area (Å²) in [5, 5.41) is 8.90. The summed E-state index contributed by atoms with van der Waals surface area (Å²) in [5.41, 5.74) is 0. The third kappa shape index (κ3) is 1.65. The Morgan fingerprint density at radius 3 is 3.10 bits per heavy atom. The van der Waals surface area contributed by atoms with E-state index in [9.17, 15) is 0 Å². The minimum Gasteiger partial charge on any atom is -0.507 e. The molecular formula is C8H9O2. The Morgan fingerprint density at radius 1 is 1.70 bits per heavy atom. The van der Waals surface area contributed by atoms with Crippen molar-refractivity contribution in [2.24, 2.45) is 0 Å². The first-order valence-electron chi connectivity index (χ1n) is 3.16. The first-order chi connectivity index (χ1) is 4.83. The van der Waals surface area contributed by atoms with Gasteiger partial charge in [-0.3, -0.25) is 0 Å². The molecule has 0 heterocycles. The number of phenols is 1. The van der Waals surface area contributed by atoms with E-state index in [1.807, 2.05) is 6.92 Å². The molecule has 1 aromatic rings. The lowest BCUT2D eigenvalue weighted by Gasteiger charge is -2.00. The first kappa shape index (κ1) is 6.93. The molecule has 1 aromatic carbocycles. The van der Waals surface area contributed by atoms with Gasteiger partial charge in [-0.1, -0.05) is 0 Å². The minimum atomic E-state index is 0.117. The molecule has 1 radical (unpaired) electrons. The Balaban J connectivity index is 2.75. The number of hydrogen-bond donors (Lipinski definition) is 1. The molecule has 0 saturated carbocycles. The van der Waals surface area contributed by atoms with Crippen LogP contribution in [0.15, 0.2) is 18.2 Å². The van der Waals surface area contributed by atoms with Crippen LogP contribution in [0.3, 0.4) is 0 Å². The summed E-state index contributed by atoms with van der Waals surface area (Å²) >= 11 is 0. The van der Waals surface area contributed by atoms with Gasteiger partial charge in [-0.2, -0.15) is 0 Å². The molecule has 0 fully saturated rings. The zero-order chi connectivity index (χ0) is 7.40. The molecule has 0 atom stereocenters. The highest BCUT2D eigenvalue weighted by molar-refractivity contribution is 5.30. The van der Waals surface area contributed by atoms with Gasteiger partial charge in [0.2, 0.25) is 0 Å². The lowest BCUT2D eigenvalue weighted by atomic mass is 10.3. The second-order valence-electron chi connectivity index (χ2n) is 1.84. The van der Waals surface area contributed by atoms with Crippen molar-refractivity contribution in [3.63, 3.8) is 0 Å². The van der Waals surface area contributed by atoms with E-state index in [1.165, 1.54) is 6.07 Å². The smallest absolute Gasteiger partial charge is 0.127 e. The van der Waals surface area contributed by atoms with Gasteiger partial charge in [0.05, 0.1) is 6.61 Å². The van der Waals surface area contributed by atoms with Crippen molar-refractivity contribution in [2.45, 2.75) is 6.92 Å². The predicted octanol–water partition coefficient (Wildman–Crippen LogP) is 1.59. The quantitative estimate of drug-likeness (QED) is 0.670. The SMILES string of the molecule is CCOc1cc[c]c(O)c1. The summed E-state index contributed by atoms with van der Waals surface area (Å²) in [6.45, 7) is 2.51. The van der Waals surface area contributed by atoms with Gasteiger partial charge < -0.3 is 9.84 Å². The third-order valence-electron chi connectivity index (χ3n) is 1.07. The maximum atomic E-state index is 8.90. The second kappa shape index (κ2) is 3.11. The number of hydrogen-bond acceptors (Lipinski definition) is 2. The van der Waals surface area contributed by atoms with Crippen LogP contribution >= 0.6 is 0 Å². The molecule has 0 aliphatic carbocycles. The van der Waals surface area contributed by atoms with Gasteiger partial charge in [-0.25, -0.2) is 0 Å². The van der Waals surface area contributed by atoms with Crippen LogP contribution in [-0.4, -0.2) is 11.7 Å². The molecule has 0 aromatic heterocycles. The zero-order valence-electron chi connectivity index (χ0n) is 5.79. The highest BCUT2D eigenvalue weighted by atomic mass is 16.5. The van der Waals surface area contributed by atoms with E-state index in [4.69, 9.17) is 9.84 Å². The van der Waals surface area contributed by atoms with E-state index in [1.54, 1.807) is 12.1 Å². The summed E-state index contributed by atoms with van der Waals surface area (Å²) < 4.78 is 5.11. The molecule has 0 unspecified atom stereocenters. The molecule has 0 saturated heterocycles. The van der Waals surface area contributed by atoms with E-state index in [0.717, 1.165) is 0 Å². The van der Waals surface area contributed by atoms with E-state index in [-0.39, 0.29) is 5.75 Å². The van der Waals surface area contributed by atoms with Crippen molar-refractivity contribution in [1.82, 2.24) is 0 Å². The molecule has 1 N–H and O–H groups in total. The van der Waals surface area contributed by atoms with Crippen molar-refractivity contribution < 1.29 is 9.84 Å². The highest BCUT2D eigenvalue weighted by Crippen LogP contribution is 2.16. The average Bonchev–Trinajstić information content (AvgIpc) is 1.88. The number of phenolic OH excluding ortho intramolecular Hbond substituents is 1. The highest BCUT2D eigenvalue weighted by Gasteiger charge is 1.91. The summed E-state index contributed by atoms with van der Waals surface area (Å²) in [5.74, 6) is 0.796. The summed E-state index contributed by atoms with van der Waals surface area (Å²) in [4.78, 5) is 0. The molecule has 0 aliphatic rings. The van der Waals surface area contributed by atoms with Gasteiger partial charge in [0.15, 0.2) is 0 Å². The lowest BCUT2D eigenvalue weighted by Crippen LogP contribution is -1.89. The van der Waals surface area contributed by atoms with E-state index >= 15 is 0 Å². The van der Waals surface area contributed by atoms with Crippen LogP contribution in [0.5, 0.6) is 11.5 Å². The van der Waals surface area contributed by atoms with Crippen LogP contribution < -0.4 is 4.74 Å². The molecular weight excluding hydrogens is 128 g/mol. The van der Waals surface area contributed by atoms with Crippen molar-refractivity contribution in [1.29, 1.82) is 0 Å². The molecule has 0 aliphatic heterocycles. The topological polar surface area (TPSA) is 29.5 Å². The standard InChI is InChI=1S/C8H9O2/c1-2-10-8-5-3-4-7(9)6-8/h3,5-6,9H,2H2,1H3. The van der Waals surface area contributed by atoms with Crippen LogP contribution in [-0.2, 0) is 0 Å². The Bertz CT molecular complexity index is 208. The number of benzene rings is 1. The maximum absolute atomic E-state index is 8.90. The molecule has 2 heteroatoms. The van der Waals surface area contributed by atoms with E-state index in [0.29, 0.717) is 12.4 Å². The maximum Gasteiger partial charge on any atom is 0.127 e. The normalized spacial score (nSPS) is 9.30. The van der Waals surface area contributed by atoms with Gasteiger partial charge in [0, 0.05) is 12.1 Å². The third-order valence-corrected chi connectivity index (χ3v) is 1.07. The van der Waals surface area contributed by atoms with Crippen molar-refractivity contribution in [3.8, 4) is 11.5 Å². The van der Waals surface area contributed by atoms with Crippen LogP contribution in [0.4, 0.5) is 0 Å². The molecule has 53 valence electrons. The van der Waals surface area contributed by atoms with Gasteiger partial charge in [-0.05, 0) is 19.1 Å². The number of ether oxygens (including phenoxy) is 1. The Labute approximate surface area is 60.1 Å².